The maximum Gasteiger partial charge on any atom is 0.315 e. The lowest BCUT2D eigenvalue weighted by molar-refractivity contribution is -0.148. The van der Waals surface area contributed by atoms with Gasteiger partial charge in [0.25, 0.3) is 0 Å². The normalized spacial score (nSPS) is 41.9. The number of ether oxygens (including phenoxy) is 1. The third-order valence-electron chi connectivity index (χ3n) is 4.65. The van der Waals surface area contributed by atoms with Crippen LogP contribution in [0.4, 0.5) is 0 Å². The lowest BCUT2D eigenvalue weighted by Crippen LogP contribution is -2.41. The van der Waals surface area contributed by atoms with Crippen molar-refractivity contribution in [3.05, 3.63) is 29.8 Å². The molecule has 3 atom stereocenters. The highest BCUT2D eigenvalue weighted by Crippen LogP contribution is 2.68. The van der Waals surface area contributed by atoms with Crippen LogP contribution in [0.15, 0.2) is 29.2 Å². The molecule has 1 aromatic rings. The van der Waals surface area contributed by atoms with Crippen molar-refractivity contribution in [1.82, 2.24) is 0 Å². The van der Waals surface area contributed by atoms with Crippen molar-refractivity contribution in [1.29, 1.82) is 0 Å². The monoisotopic (exact) mass is 246 g/mol. The average molecular weight is 246 g/mol. The Morgan fingerprint density at radius 3 is 3.06 bits per heavy atom. The lowest BCUT2D eigenvalue weighted by Gasteiger charge is -2.33. The van der Waals surface area contributed by atoms with Crippen LogP contribution >= 0.6 is 11.8 Å². The summed E-state index contributed by atoms with van der Waals surface area (Å²) < 4.78 is 5.71. The standard InChI is InChI=1S/C14H14O2S/c1-13-7-4-8-14(13)11(12(15)16-13)9-5-2-3-6-10(9)17-14/h2-3,5-6,11H,4,7-8H2,1H3/t11-,13+,14-/m0/s1. The molecule has 0 radical (unpaired) electrons. The van der Waals surface area contributed by atoms with E-state index in [1.807, 2.05) is 17.8 Å². The molecule has 2 nitrogen and oxygen atoms in total. The Bertz CT molecular complexity index is 527. The van der Waals surface area contributed by atoms with Crippen LogP contribution < -0.4 is 0 Å². The Kier molecular flexibility index (Phi) is 1.70. The molecule has 1 saturated carbocycles. The summed E-state index contributed by atoms with van der Waals surface area (Å²) >= 11 is 1.88. The summed E-state index contributed by atoms with van der Waals surface area (Å²) in [6, 6.07) is 8.31. The molecule has 1 aliphatic carbocycles. The van der Waals surface area contributed by atoms with Crippen molar-refractivity contribution in [2.75, 3.05) is 0 Å². The fraction of sp³-hybridized carbons (Fsp3) is 0.500. The number of fused-ring (bicyclic) bond motifs is 2. The van der Waals surface area contributed by atoms with E-state index >= 15 is 0 Å². The Morgan fingerprint density at radius 1 is 1.35 bits per heavy atom. The fourth-order valence-electron chi connectivity index (χ4n) is 3.83. The Morgan fingerprint density at radius 2 is 2.18 bits per heavy atom. The van der Waals surface area contributed by atoms with Crippen molar-refractivity contribution < 1.29 is 9.53 Å². The minimum absolute atomic E-state index is 0.00958. The fourth-order valence-corrected chi connectivity index (χ4v) is 5.62. The minimum Gasteiger partial charge on any atom is -0.457 e. The van der Waals surface area contributed by atoms with Gasteiger partial charge >= 0.3 is 5.97 Å². The zero-order valence-electron chi connectivity index (χ0n) is 9.73. The molecule has 3 heteroatoms. The van der Waals surface area contributed by atoms with E-state index in [0.717, 1.165) is 12.8 Å². The summed E-state index contributed by atoms with van der Waals surface area (Å²) in [6.45, 7) is 2.12. The highest BCUT2D eigenvalue weighted by Gasteiger charge is 2.70. The minimum atomic E-state index is -0.252. The molecule has 3 aliphatic rings. The van der Waals surface area contributed by atoms with Crippen LogP contribution in [0.3, 0.4) is 0 Å². The second-order valence-corrected chi connectivity index (χ2v) is 6.84. The summed E-state index contributed by atoms with van der Waals surface area (Å²) in [7, 11) is 0. The van der Waals surface area contributed by atoms with E-state index in [2.05, 4.69) is 25.1 Å². The second kappa shape index (κ2) is 2.89. The second-order valence-electron chi connectivity index (χ2n) is 5.47. The number of esters is 1. The van der Waals surface area contributed by atoms with Gasteiger partial charge in [-0.05, 0) is 37.8 Å². The number of rotatable bonds is 0. The van der Waals surface area contributed by atoms with E-state index in [9.17, 15) is 4.79 Å². The number of carbonyl (C=O) groups is 1. The highest BCUT2D eigenvalue weighted by molar-refractivity contribution is 8.01. The van der Waals surface area contributed by atoms with Crippen LogP contribution in [0.5, 0.6) is 0 Å². The Hall–Kier alpha value is -0.960. The first-order chi connectivity index (χ1) is 8.16. The lowest BCUT2D eigenvalue weighted by atomic mass is 9.80. The molecule has 0 bridgehead atoms. The summed E-state index contributed by atoms with van der Waals surface area (Å²) in [4.78, 5) is 13.5. The van der Waals surface area contributed by atoms with Crippen LogP contribution in [0.1, 0.15) is 37.7 Å². The quantitative estimate of drug-likeness (QED) is 0.658. The molecule has 2 aliphatic heterocycles. The first kappa shape index (κ1) is 10.0. The molecule has 2 fully saturated rings. The molecule has 0 amide bonds. The molecule has 4 rings (SSSR count). The van der Waals surface area contributed by atoms with Gasteiger partial charge < -0.3 is 4.74 Å². The van der Waals surface area contributed by atoms with Gasteiger partial charge in [0.05, 0.1) is 4.75 Å². The van der Waals surface area contributed by atoms with Crippen LogP contribution in [-0.4, -0.2) is 16.3 Å². The molecule has 0 aromatic heterocycles. The van der Waals surface area contributed by atoms with Crippen molar-refractivity contribution >= 4 is 17.7 Å². The topological polar surface area (TPSA) is 26.3 Å². The molecule has 1 aromatic carbocycles. The first-order valence-electron chi connectivity index (χ1n) is 6.17. The number of carbonyl (C=O) groups excluding carboxylic acids is 1. The molecule has 0 N–H and O–H groups in total. The highest BCUT2D eigenvalue weighted by atomic mass is 32.2. The van der Waals surface area contributed by atoms with E-state index in [1.54, 1.807) is 0 Å². The smallest absolute Gasteiger partial charge is 0.315 e. The number of benzene rings is 1. The average Bonchev–Trinajstić information content (AvgIpc) is 2.83. The maximum absolute atomic E-state index is 12.2. The number of hydrogen-bond acceptors (Lipinski definition) is 3. The molecule has 0 unspecified atom stereocenters. The van der Waals surface area contributed by atoms with Crippen molar-refractivity contribution in [2.24, 2.45) is 0 Å². The number of hydrogen-bond donors (Lipinski definition) is 0. The van der Waals surface area contributed by atoms with E-state index in [1.165, 1.54) is 16.9 Å². The van der Waals surface area contributed by atoms with Gasteiger partial charge in [0.15, 0.2) is 0 Å². The van der Waals surface area contributed by atoms with Gasteiger partial charge in [0.2, 0.25) is 0 Å². The number of thioether (sulfide) groups is 1. The molecule has 2 heterocycles. The summed E-state index contributed by atoms with van der Waals surface area (Å²) in [5.74, 6) is -0.0409. The van der Waals surface area contributed by atoms with Gasteiger partial charge in [-0.3, -0.25) is 4.79 Å². The third-order valence-corrected chi connectivity index (χ3v) is 6.47. The predicted octanol–water partition coefficient (Wildman–Crippen LogP) is 3.11. The van der Waals surface area contributed by atoms with Crippen molar-refractivity contribution in [3.63, 3.8) is 0 Å². The van der Waals surface area contributed by atoms with Gasteiger partial charge in [-0.15, -0.1) is 11.8 Å². The van der Waals surface area contributed by atoms with E-state index in [-0.39, 0.29) is 22.2 Å². The SMILES string of the molecule is C[C@@]12CCC[C@@]13Sc1ccccc1[C@H]3C(=O)O2. The summed E-state index contributed by atoms with van der Waals surface area (Å²) in [5.41, 5.74) is 0.937. The molecule has 1 spiro atoms. The summed E-state index contributed by atoms with van der Waals surface area (Å²) in [5, 5.41) is 0. The van der Waals surface area contributed by atoms with Crippen molar-refractivity contribution in [3.8, 4) is 0 Å². The molecular formula is C14H14O2S. The van der Waals surface area contributed by atoms with Gasteiger partial charge in [-0.25, -0.2) is 0 Å². The molecule has 1 saturated heterocycles. The zero-order chi connectivity index (χ0) is 11.7. The molecular weight excluding hydrogens is 232 g/mol. The maximum atomic E-state index is 12.2. The molecule has 88 valence electrons. The van der Waals surface area contributed by atoms with Crippen LogP contribution in [0.25, 0.3) is 0 Å². The molecule has 17 heavy (non-hydrogen) atoms. The van der Waals surface area contributed by atoms with E-state index in [4.69, 9.17) is 4.74 Å². The van der Waals surface area contributed by atoms with Crippen LogP contribution in [0.2, 0.25) is 0 Å². The first-order valence-corrected chi connectivity index (χ1v) is 6.99. The van der Waals surface area contributed by atoms with Crippen molar-refractivity contribution in [2.45, 2.75) is 47.3 Å². The summed E-state index contributed by atoms with van der Waals surface area (Å²) in [6.07, 6.45) is 3.27. The van der Waals surface area contributed by atoms with Crippen LogP contribution in [-0.2, 0) is 9.53 Å². The third kappa shape index (κ3) is 0.982. The van der Waals surface area contributed by atoms with Gasteiger partial charge in [0, 0.05) is 4.90 Å². The zero-order valence-corrected chi connectivity index (χ0v) is 10.5. The Balaban J connectivity index is 1.95. The van der Waals surface area contributed by atoms with E-state index < -0.39 is 0 Å². The largest absolute Gasteiger partial charge is 0.457 e. The van der Waals surface area contributed by atoms with Gasteiger partial charge in [-0.1, -0.05) is 18.2 Å². The predicted molar refractivity (Wildman–Crippen MR) is 66.1 cm³/mol. The Labute approximate surface area is 105 Å². The van der Waals surface area contributed by atoms with E-state index in [0.29, 0.717) is 0 Å². The van der Waals surface area contributed by atoms with Gasteiger partial charge in [-0.2, -0.15) is 0 Å². The van der Waals surface area contributed by atoms with Crippen LogP contribution in [0, 0.1) is 0 Å². The van der Waals surface area contributed by atoms with Gasteiger partial charge in [0.1, 0.15) is 11.5 Å².